The lowest BCUT2D eigenvalue weighted by Gasteiger charge is -2.31. The highest BCUT2D eigenvalue weighted by molar-refractivity contribution is 7.99. The average Bonchev–Trinajstić information content (AvgIpc) is 2.65. The minimum atomic E-state index is -0.854. The zero-order chi connectivity index (χ0) is 21.6. The first-order valence-electron chi connectivity index (χ1n) is 10.1. The minimum Gasteiger partial charge on any atom is -0.367 e. The van der Waals surface area contributed by atoms with Crippen molar-refractivity contribution >= 4 is 17.7 Å². The molecule has 0 saturated carbocycles. The lowest BCUT2D eigenvalue weighted by atomic mass is 9.88. The van der Waals surface area contributed by atoms with E-state index in [9.17, 15) is 9.90 Å². The maximum absolute atomic E-state index is 12.1. The van der Waals surface area contributed by atoms with E-state index in [0.717, 1.165) is 41.9 Å². The predicted octanol–water partition coefficient (Wildman–Crippen LogP) is 1.94. The van der Waals surface area contributed by atoms with Gasteiger partial charge in [-0.3, -0.25) is 4.79 Å². The Bertz CT molecular complexity index is 420. The van der Waals surface area contributed by atoms with Crippen LogP contribution in [0.4, 0.5) is 0 Å². The largest absolute Gasteiger partial charge is 0.367 e. The van der Waals surface area contributed by atoms with Crippen LogP contribution in [0.25, 0.3) is 0 Å². The number of quaternary nitrogens is 1. The molecule has 0 bridgehead atoms. The van der Waals surface area contributed by atoms with Crippen LogP contribution in [0.15, 0.2) is 0 Å². The molecule has 8 heteroatoms. The number of methoxy groups -OCH3 is 1. The quantitative estimate of drug-likeness (QED) is 0.212. The standard InChI is InChI=1S/C20H42N2O5S/c1-8-20(3,19(24)25-7)15-27-16-26-12-13-28-14-17(2)18(23)21-10-9-11-22(4,5)6/h17,19,24H,8-16H2,1-7H3/p+1. The van der Waals surface area contributed by atoms with Crippen LogP contribution < -0.4 is 5.32 Å². The number of thioether (sulfide) groups is 1. The predicted molar refractivity (Wildman–Crippen MR) is 115 cm³/mol. The van der Waals surface area contributed by atoms with Gasteiger partial charge < -0.3 is 29.1 Å². The monoisotopic (exact) mass is 423 g/mol. The van der Waals surface area contributed by atoms with Crippen molar-refractivity contribution in [1.29, 1.82) is 0 Å². The molecule has 0 radical (unpaired) electrons. The third-order valence-corrected chi connectivity index (χ3v) is 5.91. The van der Waals surface area contributed by atoms with Crippen molar-refractivity contribution in [3.8, 4) is 0 Å². The maximum Gasteiger partial charge on any atom is 0.223 e. The molecule has 3 atom stereocenters. The number of aliphatic hydroxyl groups is 1. The Morgan fingerprint density at radius 2 is 1.96 bits per heavy atom. The molecule has 0 heterocycles. The zero-order valence-electron chi connectivity index (χ0n) is 19.0. The van der Waals surface area contributed by atoms with Gasteiger partial charge in [0.2, 0.25) is 5.91 Å². The highest BCUT2D eigenvalue weighted by Crippen LogP contribution is 2.26. The van der Waals surface area contributed by atoms with Gasteiger partial charge in [-0.15, -0.1) is 0 Å². The van der Waals surface area contributed by atoms with Crippen molar-refractivity contribution in [1.82, 2.24) is 5.32 Å². The van der Waals surface area contributed by atoms with Crippen molar-refractivity contribution in [3.05, 3.63) is 0 Å². The molecule has 0 aromatic heterocycles. The van der Waals surface area contributed by atoms with E-state index < -0.39 is 11.7 Å². The molecule has 0 saturated heterocycles. The van der Waals surface area contributed by atoms with Crippen LogP contribution in [0, 0.1) is 11.3 Å². The Balaban J connectivity index is 3.70. The molecule has 0 rings (SSSR count). The number of aliphatic hydroxyl groups excluding tert-OH is 1. The van der Waals surface area contributed by atoms with Crippen LogP contribution in [0.5, 0.6) is 0 Å². The molecule has 168 valence electrons. The normalized spacial score (nSPS) is 16.4. The Morgan fingerprint density at radius 1 is 1.29 bits per heavy atom. The van der Waals surface area contributed by atoms with Crippen molar-refractivity contribution in [3.63, 3.8) is 0 Å². The number of nitrogens with one attached hydrogen (secondary N) is 1. The molecule has 1 amide bonds. The van der Waals surface area contributed by atoms with Crippen LogP contribution in [-0.4, -0.2) is 94.6 Å². The van der Waals surface area contributed by atoms with Gasteiger partial charge >= 0.3 is 0 Å². The molecule has 0 aliphatic rings. The van der Waals surface area contributed by atoms with E-state index in [1.165, 1.54) is 7.11 Å². The highest BCUT2D eigenvalue weighted by Gasteiger charge is 2.31. The smallest absolute Gasteiger partial charge is 0.223 e. The van der Waals surface area contributed by atoms with Gasteiger partial charge in [-0.25, -0.2) is 0 Å². The number of rotatable bonds is 17. The van der Waals surface area contributed by atoms with E-state index in [1.54, 1.807) is 11.8 Å². The van der Waals surface area contributed by atoms with Crippen molar-refractivity contribution in [2.45, 2.75) is 39.9 Å². The third-order valence-electron chi connectivity index (χ3n) is 4.72. The summed E-state index contributed by atoms with van der Waals surface area (Å²) in [7, 11) is 7.94. The summed E-state index contributed by atoms with van der Waals surface area (Å²) in [4.78, 5) is 12.1. The Labute approximate surface area is 176 Å². The summed E-state index contributed by atoms with van der Waals surface area (Å²) in [5.41, 5.74) is -0.443. The summed E-state index contributed by atoms with van der Waals surface area (Å²) in [5, 5.41) is 12.9. The van der Waals surface area contributed by atoms with Crippen LogP contribution in [-0.2, 0) is 19.0 Å². The highest BCUT2D eigenvalue weighted by atomic mass is 32.2. The summed E-state index contributed by atoms with van der Waals surface area (Å²) >= 11 is 1.71. The van der Waals surface area contributed by atoms with Gasteiger partial charge in [0, 0.05) is 42.9 Å². The lowest BCUT2D eigenvalue weighted by molar-refractivity contribution is -0.870. The molecule has 7 nitrogen and oxygen atoms in total. The fourth-order valence-corrected chi connectivity index (χ4v) is 3.33. The molecule has 3 unspecified atom stereocenters. The minimum absolute atomic E-state index is 0.00818. The third kappa shape index (κ3) is 13.0. The second-order valence-corrected chi connectivity index (χ2v) is 9.75. The van der Waals surface area contributed by atoms with Gasteiger partial charge in [0.05, 0.1) is 40.9 Å². The van der Waals surface area contributed by atoms with E-state index in [2.05, 4.69) is 26.5 Å². The fourth-order valence-electron chi connectivity index (χ4n) is 2.42. The van der Waals surface area contributed by atoms with Crippen LogP contribution >= 0.6 is 11.8 Å². The molecular formula is C20H43N2O5S+. The van der Waals surface area contributed by atoms with E-state index in [1.807, 2.05) is 20.8 Å². The second kappa shape index (κ2) is 14.6. The van der Waals surface area contributed by atoms with Crippen molar-refractivity contribution in [2.75, 3.05) is 72.9 Å². The molecule has 0 aromatic carbocycles. The van der Waals surface area contributed by atoms with Crippen LogP contribution in [0.1, 0.15) is 33.6 Å². The summed E-state index contributed by atoms with van der Waals surface area (Å²) in [6.07, 6.45) is 0.877. The summed E-state index contributed by atoms with van der Waals surface area (Å²) in [6.45, 7) is 8.78. The van der Waals surface area contributed by atoms with E-state index in [-0.39, 0.29) is 18.6 Å². The molecule has 28 heavy (non-hydrogen) atoms. The molecule has 0 aromatic rings. The SMILES string of the molecule is CCC(C)(COCOCCSCC(C)C(=O)NCCC[N+](C)(C)C)C(O)OC. The van der Waals surface area contributed by atoms with E-state index in [0.29, 0.717) is 13.2 Å². The van der Waals surface area contributed by atoms with Crippen molar-refractivity contribution < 1.29 is 28.6 Å². The first kappa shape index (κ1) is 27.6. The van der Waals surface area contributed by atoms with Gasteiger partial charge in [0.15, 0.2) is 6.29 Å². The number of amides is 1. The summed E-state index contributed by atoms with van der Waals surface area (Å²) in [5.74, 6) is 1.70. The first-order valence-corrected chi connectivity index (χ1v) is 11.2. The summed E-state index contributed by atoms with van der Waals surface area (Å²) in [6, 6.07) is 0. The van der Waals surface area contributed by atoms with Crippen LogP contribution in [0.2, 0.25) is 0 Å². The maximum atomic E-state index is 12.1. The van der Waals surface area contributed by atoms with E-state index in [4.69, 9.17) is 14.2 Å². The van der Waals surface area contributed by atoms with Gasteiger partial charge in [0.1, 0.15) is 6.79 Å². The zero-order valence-corrected chi connectivity index (χ0v) is 19.8. The number of nitrogens with zero attached hydrogens (tertiary/aromatic N) is 1. The Kier molecular flexibility index (Phi) is 14.4. The van der Waals surface area contributed by atoms with Crippen molar-refractivity contribution in [2.24, 2.45) is 11.3 Å². The number of hydrogen-bond acceptors (Lipinski definition) is 6. The number of hydrogen-bond donors (Lipinski definition) is 2. The van der Waals surface area contributed by atoms with Gasteiger partial charge in [0.25, 0.3) is 0 Å². The average molecular weight is 424 g/mol. The number of carbonyl (C=O) groups excluding carboxylic acids is 1. The lowest BCUT2D eigenvalue weighted by Crippen LogP contribution is -2.38. The number of ether oxygens (including phenoxy) is 3. The topological polar surface area (TPSA) is 77.0 Å². The molecular weight excluding hydrogens is 380 g/mol. The Hall–Kier alpha value is -0.380. The second-order valence-electron chi connectivity index (χ2n) is 8.60. The number of carbonyl (C=O) groups is 1. The Morgan fingerprint density at radius 3 is 2.54 bits per heavy atom. The fraction of sp³-hybridized carbons (Fsp3) is 0.950. The molecule has 0 spiro atoms. The van der Waals surface area contributed by atoms with Gasteiger partial charge in [-0.2, -0.15) is 11.8 Å². The molecule has 0 aliphatic carbocycles. The first-order chi connectivity index (χ1) is 13.1. The van der Waals surface area contributed by atoms with Gasteiger partial charge in [-0.05, 0) is 6.42 Å². The molecule has 0 fully saturated rings. The van der Waals surface area contributed by atoms with Crippen LogP contribution in [0.3, 0.4) is 0 Å². The summed E-state index contributed by atoms with van der Waals surface area (Å²) < 4.78 is 16.9. The van der Waals surface area contributed by atoms with E-state index >= 15 is 0 Å². The molecule has 2 N–H and O–H groups in total. The molecule has 0 aliphatic heterocycles. The van der Waals surface area contributed by atoms with Gasteiger partial charge in [-0.1, -0.05) is 20.8 Å².